The Morgan fingerprint density at radius 3 is 2.27 bits per heavy atom. The standard InChI is InChI=1S/C20H24N2O4/c1-4-5-10-26-17-8-6-15(7-9-17)14-21-22-20(23)16-11-18(24-2)13-19(12-16)25-3/h6-9,11-14H,4-5,10H2,1-3H3,(H,22,23)/b21-14-. The van der Waals surface area contributed by atoms with Gasteiger partial charge in [0.1, 0.15) is 17.2 Å². The molecular weight excluding hydrogens is 332 g/mol. The molecule has 0 aliphatic carbocycles. The maximum atomic E-state index is 12.2. The molecule has 2 aromatic carbocycles. The fourth-order valence-electron chi connectivity index (χ4n) is 2.15. The Labute approximate surface area is 153 Å². The minimum absolute atomic E-state index is 0.349. The summed E-state index contributed by atoms with van der Waals surface area (Å²) in [6, 6.07) is 12.5. The minimum atomic E-state index is -0.349. The highest BCUT2D eigenvalue weighted by Gasteiger charge is 2.09. The molecule has 0 atom stereocenters. The first-order valence-electron chi connectivity index (χ1n) is 8.45. The maximum absolute atomic E-state index is 12.2. The van der Waals surface area contributed by atoms with Gasteiger partial charge in [0.2, 0.25) is 0 Å². The number of benzene rings is 2. The van der Waals surface area contributed by atoms with Gasteiger partial charge in [-0.15, -0.1) is 0 Å². The number of hydrogen-bond acceptors (Lipinski definition) is 5. The normalized spacial score (nSPS) is 10.6. The number of methoxy groups -OCH3 is 2. The first kappa shape index (κ1) is 19.3. The first-order chi connectivity index (χ1) is 12.7. The molecule has 2 aromatic rings. The van der Waals surface area contributed by atoms with Crippen LogP contribution in [0.25, 0.3) is 0 Å². The van der Waals surface area contributed by atoms with Gasteiger partial charge in [-0.1, -0.05) is 13.3 Å². The Kier molecular flexibility index (Phi) is 7.49. The van der Waals surface area contributed by atoms with Crippen LogP contribution in [0.1, 0.15) is 35.7 Å². The fraction of sp³-hybridized carbons (Fsp3) is 0.300. The monoisotopic (exact) mass is 356 g/mol. The molecule has 26 heavy (non-hydrogen) atoms. The number of unbranched alkanes of at least 4 members (excludes halogenated alkanes) is 1. The molecule has 6 nitrogen and oxygen atoms in total. The van der Waals surface area contributed by atoms with E-state index in [4.69, 9.17) is 14.2 Å². The molecule has 0 unspecified atom stereocenters. The summed E-state index contributed by atoms with van der Waals surface area (Å²) in [7, 11) is 3.06. The largest absolute Gasteiger partial charge is 0.497 e. The number of ether oxygens (including phenoxy) is 3. The summed E-state index contributed by atoms with van der Waals surface area (Å²) >= 11 is 0. The van der Waals surface area contributed by atoms with Gasteiger partial charge >= 0.3 is 0 Å². The minimum Gasteiger partial charge on any atom is -0.497 e. The first-order valence-corrected chi connectivity index (χ1v) is 8.45. The molecule has 2 rings (SSSR count). The molecule has 1 N–H and O–H groups in total. The van der Waals surface area contributed by atoms with Crippen molar-refractivity contribution in [2.24, 2.45) is 5.10 Å². The molecule has 0 saturated carbocycles. The smallest absolute Gasteiger partial charge is 0.271 e. The Bertz CT molecular complexity index is 720. The summed E-state index contributed by atoms with van der Waals surface area (Å²) in [6.07, 6.45) is 3.71. The van der Waals surface area contributed by atoms with Gasteiger partial charge in [0.25, 0.3) is 5.91 Å². The van der Waals surface area contributed by atoms with E-state index in [0.717, 1.165) is 24.2 Å². The lowest BCUT2D eigenvalue weighted by atomic mass is 10.2. The molecule has 0 bridgehead atoms. The summed E-state index contributed by atoms with van der Waals surface area (Å²) < 4.78 is 15.9. The maximum Gasteiger partial charge on any atom is 0.271 e. The molecule has 6 heteroatoms. The molecule has 0 radical (unpaired) electrons. The summed E-state index contributed by atoms with van der Waals surface area (Å²) in [5.41, 5.74) is 3.75. The van der Waals surface area contributed by atoms with Crippen molar-refractivity contribution in [1.29, 1.82) is 0 Å². The number of rotatable bonds is 9. The van der Waals surface area contributed by atoms with Gasteiger partial charge < -0.3 is 14.2 Å². The number of nitrogens with zero attached hydrogens (tertiary/aromatic N) is 1. The van der Waals surface area contributed by atoms with Crippen molar-refractivity contribution in [1.82, 2.24) is 5.43 Å². The molecule has 0 aliphatic rings. The highest BCUT2D eigenvalue weighted by Crippen LogP contribution is 2.22. The molecule has 0 heterocycles. The van der Waals surface area contributed by atoms with Gasteiger partial charge in [-0.25, -0.2) is 5.43 Å². The molecular formula is C20H24N2O4. The van der Waals surface area contributed by atoms with Crippen LogP contribution in [-0.2, 0) is 0 Å². The lowest BCUT2D eigenvalue weighted by Crippen LogP contribution is -2.17. The van der Waals surface area contributed by atoms with E-state index in [1.54, 1.807) is 24.4 Å². The number of carbonyl (C=O) groups is 1. The number of hydrogen-bond donors (Lipinski definition) is 1. The van der Waals surface area contributed by atoms with Crippen LogP contribution in [0.5, 0.6) is 17.2 Å². The van der Waals surface area contributed by atoms with Crippen LogP contribution in [0.15, 0.2) is 47.6 Å². The Balaban J connectivity index is 1.94. The topological polar surface area (TPSA) is 69.2 Å². The lowest BCUT2D eigenvalue weighted by molar-refractivity contribution is 0.0954. The third-order valence-corrected chi connectivity index (χ3v) is 3.64. The second-order valence-corrected chi connectivity index (χ2v) is 5.57. The molecule has 0 aliphatic heterocycles. The molecule has 0 aromatic heterocycles. The predicted octanol–water partition coefficient (Wildman–Crippen LogP) is 3.65. The number of amides is 1. The van der Waals surface area contributed by atoms with Crippen LogP contribution >= 0.6 is 0 Å². The second kappa shape index (κ2) is 10.1. The van der Waals surface area contributed by atoms with Crippen LogP contribution in [0.4, 0.5) is 0 Å². The summed E-state index contributed by atoms with van der Waals surface area (Å²) in [5.74, 6) is 1.55. The summed E-state index contributed by atoms with van der Waals surface area (Å²) in [4.78, 5) is 12.2. The zero-order valence-electron chi connectivity index (χ0n) is 15.3. The van der Waals surface area contributed by atoms with E-state index < -0.39 is 0 Å². The Morgan fingerprint density at radius 1 is 1.04 bits per heavy atom. The van der Waals surface area contributed by atoms with Crippen LogP contribution in [0.3, 0.4) is 0 Å². The molecule has 1 amide bonds. The Morgan fingerprint density at radius 2 is 1.69 bits per heavy atom. The van der Waals surface area contributed by atoms with Gasteiger partial charge in [0, 0.05) is 11.6 Å². The third kappa shape index (κ3) is 5.81. The highest BCUT2D eigenvalue weighted by molar-refractivity contribution is 5.95. The van der Waals surface area contributed by atoms with Gasteiger partial charge in [-0.05, 0) is 48.4 Å². The van der Waals surface area contributed by atoms with Crippen molar-refractivity contribution >= 4 is 12.1 Å². The molecule has 0 spiro atoms. The predicted molar refractivity (Wildman–Crippen MR) is 101 cm³/mol. The van der Waals surface area contributed by atoms with Crippen molar-refractivity contribution in [2.45, 2.75) is 19.8 Å². The highest BCUT2D eigenvalue weighted by atomic mass is 16.5. The van der Waals surface area contributed by atoms with E-state index in [9.17, 15) is 4.79 Å². The van der Waals surface area contributed by atoms with E-state index in [2.05, 4.69) is 17.5 Å². The van der Waals surface area contributed by atoms with Gasteiger partial charge in [-0.2, -0.15) is 5.10 Å². The quantitative estimate of drug-likeness (QED) is 0.423. The van der Waals surface area contributed by atoms with Gasteiger partial charge in [0.05, 0.1) is 27.0 Å². The second-order valence-electron chi connectivity index (χ2n) is 5.57. The summed E-state index contributed by atoms with van der Waals surface area (Å²) in [5, 5.41) is 3.99. The van der Waals surface area contributed by atoms with Crippen LogP contribution in [0, 0.1) is 0 Å². The fourth-order valence-corrected chi connectivity index (χ4v) is 2.15. The zero-order valence-corrected chi connectivity index (χ0v) is 15.3. The van der Waals surface area contributed by atoms with Crippen LogP contribution < -0.4 is 19.6 Å². The third-order valence-electron chi connectivity index (χ3n) is 3.64. The van der Waals surface area contributed by atoms with E-state index in [0.29, 0.717) is 23.7 Å². The van der Waals surface area contributed by atoms with Crippen molar-refractivity contribution in [3.05, 3.63) is 53.6 Å². The van der Waals surface area contributed by atoms with E-state index in [-0.39, 0.29) is 5.91 Å². The van der Waals surface area contributed by atoms with Crippen molar-refractivity contribution in [3.8, 4) is 17.2 Å². The Hall–Kier alpha value is -3.02. The molecule has 0 saturated heterocycles. The van der Waals surface area contributed by atoms with Gasteiger partial charge in [-0.3, -0.25) is 4.79 Å². The number of hydrazone groups is 1. The van der Waals surface area contributed by atoms with Crippen LogP contribution in [-0.4, -0.2) is 32.9 Å². The van der Waals surface area contributed by atoms with Crippen molar-refractivity contribution in [3.63, 3.8) is 0 Å². The van der Waals surface area contributed by atoms with Crippen molar-refractivity contribution in [2.75, 3.05) is 20.8 Å². The SMILES string of the molecule is CCCCOc1ccc(/C=N\NC(=O)c2cc(OC)cc(OC)c2)cc1. The van der Waals surface area contributed by atoms with Crippen molar-refractivity contribution < 1.29 is 19.0 Å². The average molecular weight is 356 g/mol. The van der Waals surface area contributed by atoms with Gasteiger partial charge in [0.15, 0.2) is 0 Å². The summed E-state index contributed by atoms with van der Waals surface area (Å²) in [6.45, 7) is 2.84. The lowest BCUT2D eigenvalue weighted by Gasteiger charge is -2.07. The number of carbonyl (C=O) groups excluding carboxylic acids is 1. The van der Waals surface area contributed by atoms with E-state index in [1.165, 1.54) is 14.2 Å². The van der Waals surface area contributed by atoms with E-state index in [1.807, 2.05) is 24.3 Å². The zero-order chi connectivity index (χ0) is 18.8. The molecule has 138 valence electrons. The average Bonchev–Trinajstić information content (AvgIpc) is 2.68. The van der Waals surface area contributed by atoms with Crippen LogP contribution in [0.2, 0.25) is 0 Å². The number of nitrogens with one attached hydrogen (secondary N) is 1. The van der Waals surface area contributed by atoms with E-state index >= 15 is 0 Å². The molecule has 0 fully saturated rings.